The molecule has 1 saturated heterocycles. The molecule has 1 heterocycles. The maximum Gasteiger partial charge on any atom is 0.144 e. The summed E-state index contributed by atoms with van der Waals surface area (Å²) in [6.07, 6.45) is 12.2. The first-order chi connectivity index (χ1) is 13.1. The van der Waals surface area contributed by atoms with Crippen LogP contribution in [0.4, 0.5) is 8.78 Å². The number of aryl methyl sites for hydroxylation is 1. The van der Waals surface area contributed by atoms with Crippen LogP contribution < -0.4 is 0 Å². The smallest absolute Gasteiger partial charge is 0.144 e. The van der Waals surface area contributed by atoms with Crippen molar-refractivity contribution in [3.63, 3.8) is 0 Å². The highest BCUT2D eigenvalue weighted by Gasteiger charge is 2.30. The van der Waals surface area contributed by atoms with Crippen LogP contribution in [0, 0.1) is 40.7 Å². The fraction of sp³-hybridized carbons (Fsp3) is 0.682. The Morgan fingerprint density at radius 1 is 0.963 bits per heavy atom. The molecule has 27 heavy (non-hydrogen) atoms. The molecule has 0 atom stereocenters. The fourth-order valence-corrected chi connectivity index (χ4v) is 7.76. The zero-order valence-electron chi connectivity index (χ0n) is 16.0. The molecule has 0 unspecified atom stereocenters. The zero-order valence-corrected chi connectivity index (χ0v) is 17.9. The normalized spacial score (nSPS) is 28.7. The lowest BCUT2D eigenvalue weighted by molar-refractivity contribution is 0.185. The summed E-state index contributed by atoms with van der Waals surface area (Å²) >= 11 is 6.37. The van der Waals surface area contributed by atoms with Crippen molar-refractivity contribution in [1.82, 2.24) is 0 Å². The van der Waals surface area contributed by atoms with Crippen molar-refractivity contribution in [2.45, 2.75) is 76.3 Å². The van der Waals surface area contributed by atoms with E-state index in [0.29, 0.717) is 12.0 Å². The summed E-state index contributed by atoms with van der Waals surface area (Å²) in [7, 11) is -0.847. The van der Waals surface area contributed by atoms with Crippen LogP contribution in [0.5, 0.6) is 0 Å². The van der Waals surface area contributed by atoms with Gasteiger partial charge < -0.3 is 0 Å². The Kier molecular flexibility index (Phi) is 7.72. The Labute approximate surface area is 168 Å². The van der Waals surface area contributed by atoms with Crippen molar-refractivity contribution >= 4 is 19.2 Å². The summed E-state index contributed by atoms with van der Waals surface area (Å²) in [6.45, 7) is 0. The molecule has 0 N–H and O–H groups in total. The Morgan fingerprint density at radius 3 is 2.15 bits per heavy atom. The Hall–Kier alpha value is -0.923. The topological polar surface area (TPSA) is 23.8 Å². The minimum absolute atomic E-state index is 0.475. The van der Waals surface area contributed by atoms with E-state index in [4.69, 9.17) is 16.3 Å². The Morgan fingerprint density at radius 2 is 1.56 bits per heavy atom. The van der Waals surface area contributed by atoms with E-state index < -0.39 is 25.3 Å². The van der Waals surface area contributed by atoms with Gasteiger partial charge in [0.2, 0.25) is 0 Å². The summed E-state index contributed by atoms with van der Waals surface area (Å²) in [5.41, 5.74) is 0.184. The molecule has 2 aliphatic rings. The van der Waals surface area contributed by atoms with Crippen molar-refractivity contribution in [2.24, 2.45) is 17.8 Å². The van der Waals surface area contributed by atoms with E-state index in [-0.39, 0.29) is 0 Å². The molecule has 1 saturated carbocycles. The van der Waals surface area contributed by atoms with Gasteiger partial charge in [-0.2, -0.15) is 16.3 Å². The highest BCUT2D eigenvalue weighted by atomic mass is 35.6. The van der Waals surface area contributed by atoms with Gasteiger partial charge in [0.15, 0.2) is 0 Å². The summed E-state index contributed by atoms with van der Waals surface area (Å²) < 4.78 is 27.3. The monoisotopic (exact) mass is 409 g/mol. The molecule has 0 aromatic heterocycles. The highest BCUT2D eigenvalue weighted by molar-refractivity contribution is 7.07. The molecule has 148 valence electrons. The number of nitriles is 1. The van der Waals surface area contributed by atoms with Crippen molar-refractivity contribution in [3.8, 4) is 6.07 Å². The van der Waals surface area contributed by atoms with E-state index in [1.165, 1.54) is 69.2 Å². The van der Waals surface area contributed by atoms with Gasteiger partial charge in [-0.1, -0.05) is 38.5 Å². The second-order valence-corrected chi connectivity index (χ2v) is 12.8. The maximum atomic E-state index is 13.7. The number of benzene rings is 1. The van der Waals surface area contributed by atoms with E-state index in [1.54, 1.807) is 6.07 Å². The molecule has 1 aliphatic heterocycles. The van der Waals surface area contributed by atoms with Crippen LogP contribution >= 0.6 is 11.1 Å². The minimum atomic E-state index is -0.847. The van der Waals surface area contributed by atoms with Crippen molar-refractivity contribution in [1.29, 1.82) is 5.26 Å². The van der Waals surface area contributed by atoms with Crippen molar-refractivity contribution in [3.05, 3.63) is 34.9 Å². The minimum Gasteiger partial charge on any atom is -0.205 e. The predicted molar refractivity (Wildman–Crippen MR) is 109 cm³/mol. The molecule has 1 aromatic rings. The molecule has 5 heteroatoms. The number of halogens is 3. The molecule has 1 nitrogen and oxygen atoms in total. The third-order valence-corrected chi connectivity index (χ3v) is 10.0. The number of rotatable bonds is 6. The van der Waals surface area contributed by atoms with Gasteiger partial charge in [0.25, 0.3) is 0 Å². The van der Waals surface area contributed by atoms with Crippen LogP contribution in [0.3, 0.4) is 0 Å². The van der Waals surface area contributed by atoms with Gasteiger partial charge in [0, 0.05) is 0 Å². The largest absolute Gasteiger partial charge is 0.205 e. The van der Waals surface area contributed by atoms with Crippen molar-refractivity contribution < 1.29 is 8.78 Å². The van der Waals surface area contributed by atoms with Gasteiger partial charge in [0.1, 0.15) is 31.4 Å². The lowest BCUT2D eigenvalue weighted by Crippen LogP contribution is -2.26. The fourth-order valence-electron chi connectivity index (χ4n) is 5.14. The molecule has 2 fully saturated rings. The van der Waals surface area contributed by atoms with Gasteiger partial charge >= 0.3 is 0 Å². The van der Waals surface area contributed by atoms with Crippen LogP contribution in [-0.2, 0) is 6.42 Å². The van der Waals surface area contributed by atoms with E-state index >= 15 is 0 Å². The predicted octanol–water partition coefficient (Wildman–Crippen LogP) is 6.73. The standard InChI is InChI=1S/C22H30ClF2NSi/c23-27-11-9-19(10-12-27)18-7-5-16(6-8-18)3-1-2-4-17-13-21(24)20(15-26)22(25)14-17/h13-14,16,18-19,27H,1-12H2. The number of unbranched alkanes of at least 4 members (excludes halogenated alkanes) is 1. The first-order valence-electron chi connectivity index (χ1n) is 10.6. The molecule has 0 amide bonds. The first-order valence-corrected chi connectivity index (χ1v) is 14.0. The van der Waals surface area contributed by atoms with Gasteiger partial charge in [-0.15, -0.1) is 0 Å². The third kappa shape index (κ3) is 5.78. The quantitative estimate of drug-likeness (QED) is 0.290. The van der Waals surface area contributed by atoms with Crippen LogP contribution in [-0.4, -0.2) is 8.11 Å². The highest BCUT2D eigenvalue weighted by Crippen LogP contribution is 2.41. The van der Waals surface area contributed by atoms with Gasteiger partial charge in [0.05, 0.1) is 0 Å². The van der Waals surface area contributed by atoms with Crippen LogP contribution in [0.25, 0.3) is 0 Å². The van der Waals surface area contributed by atoms with E-state index in [2.05, 4.69) is 0 Å². The number of hydrogen-bond acceptors (Lipinski definition) is 1. The van der Waals surface area contributed by atoms with Crippen molar-refractivity contribution in [2.75, 3.05) is 0 Å². The summed E-state index contributed by atoms with van der Waals surface area (Å²) in [4.78, 5) is 0. The summed E-state index contributed by atoms with van der Waals surface area (Å²) in [5.74, 6) is 1.22. The van der Waals surface area contributed by atoms with Crippen LogP contribution in [0.1, 0.15) is 68.9 Å². The van der Waals surface area contributed by atoms with E-state index in [0.717, 1.165) is 30.6 Å². The third-order valence-electron chi connectivity index (χ3n) is 6.80. The first kappa shape index (κ1) is 20.8. The molecule has 1 aliphatic carbocycles. The summed E-state index contributed by atoms with van der Waals surface area (Å²) in [5, 5.41) is 8.73. The van der Waals surface area contributed by atoms with Gasteiger partial charge in [-0.25, -0.2) is 8.78 Å². The van der Waals surface area contributed by atoms with Gasteiger partial charge in [-0.05, 0) is 73.2 Å². The van der Waals surface area contributed by atoms with Gasteiger partial charge in [-0.3, -0.25) is 0 Å². The molecular formula is C22H30ClF2NSi. The second-order valence-electron chi connectivity index (χ2n) is 8.58. The molecule has 0 spiro atoms. The SMILES string of the molecule is N#Cc1c(F)cc(CCCCC2CCC(C3CC[SiH](Cl)CC3)CC2)cc1F. The average molecular weight is 410 g/mol. The molecule has 1 aromatic carbocycles. The molecule has 0 bridgehead atoms. The number of hydrogen-bond donors (Lipinski definition) is 0. The van der Waals surface area contributed by atoms with E-state index in [1.807, 2.05) is 0 Å². The molecular weight excluding hydrogens is 380 g/mol. The second kappa shape index (κ2) is 10.0. The zero-order chi connectivity index (χ0) is 19.2. The lowest BCUT2D eigenvalue weighted by Gasteiger charge is -2.36. The van der Waals surface area contributed by atoms with E-state index in [9.17, 15) is 8.78 Å². The summed E-state index contributed by atoms with van der Waals surface area (Å²) in [6, 6.07) is 6.87. The Balaban J connectivity index is 1.34. The lowest BCUT2D eigenvalue weighted by atomic mass is 9.73. The Bertz CT molecular complexity index is 636. The van der Waals surface area contributed by atoms with Crippen LogP contribution in [0.15, 0.2) is 12.1 Å². The van der Waals surface area contributed by atoms with Crippen LogP contribution in [0.2, 0.25) is 12.1 Å². The molecule has 3 rings (SSSR count). The molecule has 0 radical (unpaired) electrons. The number of nitrogens with zero attached hydrogens (tertiary/aromatic N) is 1. The average Bonchev–Trinajstić information content (AvgIpc) is 2.66. The maximum absolute atomic E-state index is 13.7.